The highest BCUT2D eigenvalue weighted by molar-refractivity contribution is 6.30. The van der Waals surface area contributed by atoms with Crippen LogP contribution in [0, 0.1) is 13.8 Å². The standard InChI is InChI=1S/C21H27ClN6O2/c1-14-8-9-16(23-12-14)7-5-6-10-30-19-11-18(21(29)28(4)26-19)24-13-17-15(2)25-27(3)20(17)22/h8-9,11-12,24H,5-7,10,13H2,1-4H3. The van der Waals surface area contributed by atoms with Crippen LogP contribution < -0.4 is 15.6 Å². The van der Waals surface area contributed by atoms with Gasteiger partial charge in [-0.05, 0) is 44.7 Å². The maximum Gasteiger partial charge on any atom is 0.290 e. The van der Waals surface area contributed by atoms with E-state index in [0.717, 1.165) is 41.8 Å². The zero-order valence-electron chi connectivity index (χ0n) is 17.8. The quantitative estimate of drug-likeness (QED) is 0.524. The van der Waals surface area contributed by atoms with E-state index in [2.05, 4.69) is 32.6 Å². The Balaban J connectivity index is 1.55. The van der Waals surface area contributed by atoms with Gasteiger partial charge in [-0.3, -0.25) is 14.5 Å². The van der Waals surface area contributed by atoms with Gasteiger partial charge in [0.1, 0.15) is 10.8 Å². The number of ether oxygens (including phenoxy) is 1. The second-order valence-electron chi connectivity index (χ2n) is 7.29. The molecule has 3 rings (SSSR count). The number of hydrogen-bond acceptors (Lipinski definition) is 6. The number of unbranched alkanes of at least 4 members (excludes halogenated alkanes) is 1. The second-order valence-corrected chi connectivity index (χ2v) is 7.65. The maximum atomic E-state index is 12.4. The van der Waals surface area contributed by atoms with Gasteiger partial charge in [0.2, 0.25) is 5.88 Å². The van der Waals surface area contributed by atoms with Crippen molar-refractivity contribution in [3.05, 3.63) is 62.4 Å². The van der Waals surface area contributed by atoms with E-state index in [1.165, 1.54) is 4.68 Å². The molecule has 0 unspecified atom stereocenters. The summed E-state index contributed by atoms with van der Waals surface area (Å²) in [5.41, 5.74) is 4.09. The van der Waals surface area contributed by atoms with E-state index >= 15 is 0 Å². The Morgan fingerprint density at radius 2 is 1.93 bits per heavy atom. The van der Waals surface area contributed by atoms with Crippen LogP contribution in [0.4, 0.5) is 5.69 Å². The summed E-state index contributed by atoms with van der Waals surface area (Å²) in [7, 11) is 3.39. The lowest BCUT2D eigenvalue weighted by atomic mass is 10.1. The molecule has 8 nitrogen and oxygen atoms in total. The number of nitrogens with one attached hydrogen (secondary N) is 1. The summed E-state index contributed by atoms with van der Waals surface area (Å²) in [5, 5.41) is 12.1. The second kappa shape index (κ2) is 9.75. The lowest BCUT2D eigenvalue weighted by molar-refractivity contribution is 0.287. The Labute approximate surface area is 180 Å². The molecule has 0 radical (unpaired) electrons. The van der Waals surface area contributed by atoms with Crippen molar-refractivity contribution < 1.29 is 4.74 Å². The molecule has 0 atom stereocenters. The van der Waals surface area contributed by atoms with Crippen molar-refractivity contribution >= 4 is 17.3 Å². The highest BCUT2D eigenvalue weighted by atomic mass is 35.5. The lowest BCUT2D eigenvalue weighted by Crippen LogP contribution is -2.24. The van der Waals surface area contributed by atoms with Crippen LogP contribution in [-0.4, -0.2) is 31.2 Å². The fourth-order valence-electron chi connectivity index (χ4n) is 3.07. The molecule has 0 aliphatic carbocycles. The molecule has 3 heterocycles. The van der Waals surface area contributed by atoms with Crippen molar-refractivity contribution in [2.45, 2.75) is 39.7 Å². The van der Waals surface area contributed by atoms with Gasteiger partial charge >= 0.3 is 0 Å². The molecule has 30 heavy (non-hydrogen) atoms. The van der Waals surface area contributed by atoms with Crippen LogP contribution in [0.5, 0.6) is 5.88 Å². The Morgan fingerprint density at radius 3 is 2.60 bits per heavy atom. The monoisotopic (exact) mass is 430 g/mol. The van der Waals surface area contributed by atoms with Gasteiger partial charge in [-0.2, -0.15) is 5.10 Å². The Hall–Kier alpha value is -2.87. The number of aryl methyl sites for hydroxylation is 5. The number of nitrogens with zero attached hydrogens (tertiary/aromatic N) is 5. The minimum Gasteiger partial charge on any atom is -0.477 e. The third-order valence-electron chi connectivity index (χ3n) is 4.82. The zero-order chi connectivity index (χ0) is 21.7. The summed E-state index contributed by atoms with van der Waals surface area (Å²) in [6.45, 7) is 4.82. The number of pyridine rings is 1. The summed E-state index contributed by atoms with van der Waals surface area (Å²) < 4.78 is 8.65. The Bertz CT molecular complexity index is 1060. The van der Waals surface area contributed by atoms with Gasteiger partial charge in [0.05, 0.1) is 12.3 Å². The summed E-state index contributed by atoms with van der Waals surface area (Å²) in [6, 6.07) is 5.75. The Kier molecular flexibility index (Phi) is 7.10. The summed E-state index contributed by atoms with van der Waals surface area (Å²) in [4.78, 5) is 16.8. The number of halogens is 1. The molecule has 0 fully saturated rings. The van der Waals surface area contributed by atoms with Gasteiger partial charge in [-0.15, -0.1) is 5.10 Å². The molecule has 0 amide bonds. The number of hydrogen-bond donors (Lipinski definition) is 1. The van der Waals surface area contributed by atoms with E-state index in [1.807, 2.05) is 20.0 Å². The molecule has 3 aromatic rings. The largest absolute Gasteiger partial charge is 0.477 e. The number of rotatable bonds is 9. The first-order chi connectivity index (χ1) is 14.3. The fourth-order valence-corrected chi connectivity index (χ4v) is 3.31. The van der Waals surface area contributed by atoms with Gasteiger partial charge in [-0.1, -0.05) is 17.7 Å². The molecule has 0 bridgehead atoms. The van der Waals surface area contributed by atoms with Crippen LogP contribution in [0.3, 0.4) is 0 Å². The Morgan fingerprint density at radius 1 is 1.13 bits per heavy atom. The van der Waals surface area contributed by atoms with Crippen molar-refractivity contribution in [3.8, 4) is 5.88 Å². The minimum absolute atomic E-state index is 0.231. The summed E-state index contributed by atoms with van der Waals surface area (Å²) in [6.07, 6.45) is 4.62. The highest BCUT2D eigenvalue weighted by Gasteiger charge is 2.13. The summed E-state index contributed by atoms with van der Waals surface area (Å²) in [5.74, 6) is 0.405. The average Bonchev–Trinajstić information content (AvgIpc) is 2.96. The normalized spacial score (nSPS) is 11.0. The SMILES string of the molecule is Cc1ccc(CCCCOc2cc(NCc3c(C)nn(C)c3Cl)c(=O)n(C)n2)nc1. The first-order valence-corrected chi connectivity index (χ1v) is 10.3. The van der Waals surface area contributed by atoms with Crippen LogP contribution in [0.15, 0.2) is 29.2 Å². The van der Waals surface area contributed by atoms with Crippen LogP contribution in [-0.2, 0) is 27.1 Å². The zero-order valence-corrected chi connectivity index (χ0v) is 18.5. The molecule has 160 valence electrons. The smallest absolute Gasteiger partial charge is 0.290 e. The van der Waals surface area contributed by atoms with Crippen molar-refractivity contribution in [2.24, 2.45) is 14.1 Å². The molecule has 9 heteroatoms. The van der Waals surface area contributed by atoms with E-state index in [9.17, 15) is 4.79 Å². The van der Waals surface area contributed by atoms with E-state index < -0.39 is 0 Å². The van der Waals surface area contributed by atoms with E-state index in [4.69, 9.17) is 16.3 Å². The lowest BCUT2D eigenvalue weighted by Gasteiger charge is -2.11. The molecular weight excluding hydrogens is 404 g/mol. The number of aromatic nitrogens is 5. The third-order valence-corrected chi connectivity index (χ3v) is 5.29. The van der Waals surface area contributed by atoms with Gasteiger partial charge in [0.25, 0.3) is 5.56 Å². The highest BCUT2D eigenvalue weighted by Crippen LogP contribution is 2.20. The predicted molar refractivity (Wildman–Crippen MR) is 117 cm³/mol. The third kappa shape index (κ3) is 5.38. The van der Waals surface area contributed by atoms with Crippen LogP contribution in [0.1, 0.15) is 35.4 Å². The molecule has 0 aromatic carbocycles. The molecule has 0 saturated heterocycles. The van der Waals surface area contributed by atoms with Gasteiger partial charge < -0.3 is 10.1 Å². The van der Waals surface area contributed by atoms with Gasteiger partial charge in [0.15, 0.2) is 0 Å². The van der Waals surface area contributed by atoms with Crippen molar-refractivity contribution in [1.29, 1.82) is 0 Å². The fraction of sp³-hybridized carbons (Fsp3) is 0.429. The van der Waals surface area contributed by atoms with E-state index in [-0.39, 0.29) is 5.56 Å². The minimum atomic E-state index is -0.231. The molecule has 1 N–H and O–H groups in total. The molecule has 0 aliphatic rings. The molecule has 0 aliphatic heterocycles. The molecular formula is C21H27ClN6O2. The summed E-state index contributed by atoms with van der Waals surface area (Å²) >= 11 is 6.27. The van der Waals surface area contributed by atoms with Crippen LogP contribution in [0.25, 0.3) is 0 Å². The molecule has 0 saturated carbocycles. The van der Waals surface area contributed by atoms with Crippen molar-refractivity contribution in [3.63, 3.8) is 0 Å². The van der Waals surface area contributed by atoms with Crippen molar-refractivity contribution in [1.82, 2.24) is 24.5 Å². The van der Waals surface area contributed by atoms with Crippen LogP contribution >= 0.6 is 11.6 Å². The van der Waals surface area contributed by atoms with Gasteiger partial charge in [-0.25, -0.2) is 4.68 Å². The van der Waals surface area contributed by atoms with E-state index in [0.29, 0.717) is 29.9 Å². The van der Waals surface area contributed by atoms with Crippen molar-refractivity contribution in [2.75, 3.05) is 11.9 Å². The maximum absolute atomic E-state index is 12.4. The molecule has 3 aromatic heterocycles. The number of anilines is 1. The first kappa shape index (κ1) is 21.8. The first-order valence-electron chi connectivity index (χ1n) is 9.89. The molecule has 0 spiro atoms. The average molecular weight is 431 g/mol. The predicted octanol–water partition coefficient (Wildman–Crippen LogP) is 3.19. The van der Waals surface area contributed by atoms with Gasteiger partial charge in [0, 0.05) is 44.2 Å². The van der Waals surface area contributed by atoms with Crippen LogP contribution in [0.2, 0.25) is 5.15 Å². The van der Waals surface area contributed by atoms with E-state index in [1.54, 1.807) is 24.8 Å². The topological polar surface area (TPSA) is 86.9 Å².